The molecule has 0 radical (unpaired) electrons. The van der Waals surface area contributed by atoms with Crippen LogP contribution in [0.4, 0.5) is 18.9 Å². The van der Waals surface area contributed by atoms with Crippen LogP contribution in [-0.4, -0.2) is 18.1 Å². The van der Waals surface area contributed by atoms with Crippen LogP contribution in [0.25, 0.3) is 0 Å². The van der Waals surface area contributed by atoms with Gasteiger partial charge in [0, 0.05) is 16.8 Å². The van der Waals surface area contributed by atoms with Crippen LogP contribution in [-0.2, 0) is 11.2 Å². The highest BCUT2D eigenvalue weighted by molar-refractivity contribution is 6.05. The van der Waals surface area contributed by atoms with E-state index in [9.17, 15) is 22.8 Å². The average molecular weight is 351 g/mol. The SMILES string of the molecule is CCc1c(OC(=O)C(F)(F)F)cccc1C(=O)Nc1ccc(C)cc1. The first-order chi connectivity index (χ1) is 11.7. The highest BCUT2D eigenvalue weighted by atomic mass is 19.4. The number of benzene rings is 2. The highest BCUT2D eigenvalue weighted by Gasteiger charge is 2.41. The molecule has 0 unspecified atom stereocenters. The van der Waals surface area contributed by atoms with E-state index in [0.717, 1.165) is 5.56 Å². The maximum absolute atomic E-state index is 12.4. The number of carbonyl (C=O) groups excluding carboxylic acids is 2. The van der Waals surface area contributed by atoms with Crippen LogP contribution in [0.2, 0.25) is 0 Å². The van der Waals surface area contributed by atoms with Crippen molar-refractivity contribution in [3.8, 4) is 5.75 Å². The van der Waals surface area contributed by atoms with Crippen molar-refractivity contribution in [2.24, 2.45) is 0 Å². The van der Waals surface area contributed by atoms with Crippen molar-refractivity contribution in [1.29, 1.82) is 0 Å². The number of ether oxygens (including phenoxy) is 1. The summed E-state index contributed by atoms with van der Waals surface area (Å²) in [5.74, 6) is -3.09. The monoisotopic (exact) mass is 351 g/mol. The van der Waals surface area contributed by atoms with Gasteiger partial charge < -0.3 is 10.1 Å². The third-order valence-electron chi connectivity index (χ3n) is 3.47. The molecule has 0 aliphatic heterocycles. The van der Waals surface area contributed by atoms with Gasteiger partial charge in [-0.1, -0.05) is 30.7 Å². The number of amides is 1. The quantitative estimate of drug-likeness (QED) is 0.661. The zero-order valence-corrected chi connectivity index (χ0v) is 13.6. The van der Waals surface area contributed by atoms with Crippen molar-refractivity contribution < 1.29 is 27.5 Å². The van der Waals surface area contributed by atoms with Gasteiger partial charge in [-0.15, -0.1) is 0 Å². The van der Waals surface area contributed by atoms with Gasteiger partial charge in [-0.25, -0.2) is 4.79 Å². The fourth-order valence-corrected chi connectivity index (χ4v) is 2.23. The maximum Gasteiger partial charge on any atom is 0.491 e. The Morgan fingerprint density at radius 3 is 2.28 bits per heavy atom. The zero-order chi connectivity index (χ0) is 18.6. The van der Waals surface area contributed by atoms with Gasteiger partial charge in [-0.05, 0) is 37.6 Å². The van der Waals surface area contributed by atoms with Crippen LogP contribution in [0.3, 0.4) is 0 Å². The Hall–Kier alpha value is -2.83. The molecule has 25 heavy (non-hydrogen) atoms. The minimum atomic E-state index is -5.11. The molecule has 2 aromatic rings. The summed E-state index contributed by atoms with van der Waals surface area (Å²) in [6, 6.07) is 11.1. The summed E-state index contributed by atoms with van der Waals surface area (Å²) in [5, 5.41) is 2.67. The second kappa shape index (κ2) is 7.38. The number of esters is 1. The minimum absolute atomic E-state index is 0.149. The fourth-order valence-electron chi connectivity index (χ4n) is 2.23. The third kappa shape index (κ3) is 4.59. The molecule has 0 spiro atoms. The molecule has 0 aromatic heterocycles. The molecule has 0 saturated carbocycles. The number of aryl methyl sites for hydroxylation is 1. The largest absolute Gasteiger partial charge is 0.491 e. The number of anilines is 1. The summed E-state index contributed by atoms with van der Waals surface area (Å²) in [6.07, 6.45) is -4.89. The van der Waals surface area contributed by atoms with E-state index in [1.807, 2.05) is 19.1 Å². The molecule has 132 valence electrons. The molecule has 0 saturated heterocycles. The first-order valence-electron chi connectivity index (χ1n) is 7.51. The number of hydrogen-bond donors (Lipinski definition) is 1. The van der Waals surface area contributed by atoms with E-state index in [4.69, 9.17) is 0 Å². The van der Waals surface area contributed by atoms with Crippen LogP contribution in [0.15, 0.2) is 42.5 Å². The number of carbonyl (C=O) groups is 2. The molecular weight excluding hydrogens is 335 g/mol. The first kappa shape index (κ1) is 18.5. The summed E-state index contributed by atoms with van der Waals surface area (Å²) in [5.41, 5.74) is 1.95. The normalized spacial score (nSPS) is 11.1. The molecule has 0 heterocycles. The van der Waals surface area contributed by atoms with Crippen LogP contribution < -0.4 is 10.1 Å². The lowest BCUT2D eigenvalue weighted by atomic mass is 10.0. The molecule has 1 amide bonds. The van der Waals surface area contributed by atoms with Gasteiger partial charge in [0.1, 0.15) is 5.75 Å². The van der Waals surface area contributed by atoms with Crippen molar-refractivity contribution in [3.63, 3.8) is 0 Å². The van der Waals surface area contributed by atoms with Gasteiger partial charge in [-0.2, -0.15) is 13.2 Å². The van der Waals surface area contributed by atoms with E-state index in [1.54, 1.807) is 19.1 Å². The number of nitrogens with one attached hydrogen (secondary N) is 1. The summed E-state index contributed by atoms with van der Waals surface area (Å²) in [6.45, 7) is 3.56. The van der Waals surface area contributed by atoms with E-state index in [1.165, 1.54) is 18.2 Å². The molecule has 0 aliphatic rings. The molecule has 2 aromatic carbocycles. The van der Waals surface area contributed by atoms with E-state index in [-0.39, 0.29) is 23.3 Å². The van der Waals surface area contributed by atoms with Crippen LogP contribution >= 0.6 is 0 Å². The number of halogens is 3. The van der Waals surface area contributed by atoms with Crippen LogP contribution in [0, 0.1) is 6.92 Å². The Kier molecular flexibility index (Phi) is 5.46. The Labute approximate surface area is 142 Å². The lowest BCUT2D eigenvalue weighted by Crippen LogP contribution is -2.28. The predicted molar refractivity (Wildman–Crippen MR) is 86.6 cm³/mol. The zero-order valence-electron chi connectivity index (χ0n) is 13.6. The molecular formula is C18H16F3NO3. The van der Waals surface area contributed by atoms with E-state index >= 15 is 0 Å². The number of hydrogen-bond acceptors (Lipinski definition) is 3. The van der Waals surface area contributed by atoms with Gasteiger partial charge in [0.05, 0.1) is 0 Å². The van der Waals surface area contributed by atoms with Crippen molar-refractivity contribution >= 4 is 17.6 Å². The number of rotatable bonds is 4. The summed E-state index contributed by atoms with van der Waals surface area (Å²) in [4.78, 5) is 23.5. The van der Waals surface area contributed by atoms with Crippen molar-refractivity contribution in [2.75, 3.05) is 5.32 Å². The van der Waals surface area contributed by atoms with E-state index in [2.05, 4.69) is 10.1 Å². The first-order valence-corrected chi connectivity index (χ1v) is 7.51. The predicted octanol–water partition coefficient (Wildman–Crippen LogP) is 4.28. The second-order valence-electron chi connectivity index (χ2n) is 5.34. The second-order valence-corrected chi connectivity index (χ2v) is 5.34. The lowest BCUT2D eigenvalue weighted by Gasteiger charge is -2.14. The Morgan fingerprint density at radius 1 is 1.08 bits per heavy atom. The van der Waals surface area contributed by atoms with Crippen molar-refractivity contribution in [2.45, 2.75) is 26.4 Å². The fraction of sp³-hybridized carbons (Fsp3) is 0.222. The Balaban J connectivity index is 2.28. The molecule has 0 bridgehead atoms. The van der Waals surface area contributed by atoms with E-state index in [0.29, 0.717) is 5.69 Å². The average Bonchev–Trinajstić information content (AvgIpc) is 2.55. The van der Waals surface area contributed by atoms with Gasteiger partial charge in [-0.3, -0.25) is 4.79 Å². The molecule has 0 fully saturated rings. The van der Waals surface area contributed by atoms with Gasteiger partial charge in [0.15, 0.2) is 0 Å². The van der Waals surface area contributed by atoms with Crippen LogP contribution in [0.5, 0.6) is 5.75 Å². The molecule has 4 nitrogen and oxygen atoms in total. The topological polar surface area (TPSA) is 55.4 Å². The smallest absolute Gasteiger partial charge is 0.420 e. The Bertz CT molecular complexity index is 783. The Morgan fingerprint density at radius 2 is 1.72 bits per heavy atom. The van der Waals surface area contributed by atoms with Gasteiger partial charge >= 0.3 is 12.1 Å². The van der Waals surface area contributed by atoms with Crippen LogP contribution in [0.1, 0.15) is 28.4 Å². The molecule has 1 N–H and O–H groups in total. The standard InChI is InChI=1S/C18H16F3NO3/c1-3-13-14(16(23)22-12-9-7-11(2)8-10-12)5-4-6-15(13)25-17(24)18(19,20)21/h4-10H,3H2,1-2H3,(H,22,23). The lowest BCUT2D eigenvalue weighted by molar-refractivity contribution is -0.189. The number of alkyl halides is 3. The summed E-state index contributed by atoms with van der Waals surface area (Å²) in [7, 11) is 0. The molecule has 2 rings (SSSR count). The van der Waals surface area contributed by atoms with Crippen molar-refractivity contribution in [1.82, 2.24) is 0 Å². The maximum atomic E-state index is 12.4. The molecule has 0 atom stereocenters. The van der Waals surface area contributed by atoms with Crippen molar-refractivity contribution in [3.05, 3.63) is 59.2 Å². The van der Waals surface area contributed by atoms with Gasteiger partial charge in [0.25, 0.3) is 5.91 Å². The minimum Gasteiger partial charge on any atom is -0.420 e. The third-order valence-corrected chi connectivity index (χ3v) is 3.47. The molecule has 0 aliphatic carbocycles. The molecule has 7 heteroatoms. The summed E-state index contributed by atoms with van der Waals surface area (Å²) >= 11 is 0. The summed E-state index contributed by atoms with van der Waals surface area (Å²) < 4.78 is 41.6. The highest BCUT2D eigenvalue weighted by Crippen LogP contribution is 2.27. The van der Waals surface area contributed by atoms with Gasteiger partial charge in [0.2, 0.25) is 0 Å². The van der Waals surface area contributed by atoms with E-state index < -0.39 is 18.1 Å².